The predicted molar refractivity (Wildman–Crippen MR) is 124 cm³/mol. The molecule has 0 saturated carbocycles. The molecule has 0 aromatic heterocycles. The van der Waals surface area contributed by atoms with Crippen molar-refractivity contribution in [3.63, 3.8) is 0 Å². The minimum Gasteiger partial charge on any atom is -0.343 e. The molecule has 1 aliphatic heterocycles. The van der Waals surface area contributed by atoms with E-state index in [1.807, 2.05) is 12.1 Å². The first kappa shape index (κ1) is 25.1. The number of sulfonamides is 1. The summed E-state index contributed by atoms with van der Waals surface area (Å²) < 4.78 is 40.1. The number of halogens is 2. The third kappa shape index (κ3) is 5.90. The number of rotatable bonds is 5. The minimum absolute atomic E-state index is 0.0242. The number of carbonyl (C=O) groups is 2. The van der Waals surface area contributed by atoms with E-state index in [0.29, 0.717) is 5.56 Å². The molecular formula is C23H27ClFN3O4S. The molecule has 2 aromatic carbocycles. The lowest BCUT2D eigenvalue weighted by atomic mass is 9.87. The molecule has 10 heteroatoms. The van der Waals surface area contributed by atoms with E-state index < -0.39 is 15.8 Å². The van der Waals surface area contributed by atoms with Crippen LogP contribution >= 0.6 is 11.6 Å². The van der Waals surface area contributed by atoms with Crippen LogP contribution in [0.5, 0.6) is 0 Å². The van der Waals surface area contributed by atoms with E-state index in [0.717, 1.165) is 23.8 Å². The maximum atomic E-state index is 13.4. The molecule has 1 N–H and O–H groups in total. The van der Waals surface area contributed by atoms with Gasteiger partial charge in [0.15, 0.2) is 0 Å². The van der Waals surface area contributed by atoms with Gasteiger partial charge in [0, 0.05) is 31.7 Å². The van der Waals surface area contributed by atoms with E-state index in [-0.39, 0.29) is 59.9 Å². The maximum Gasteiger partial charge on any atom is 0.251 e. The highest BCUT2D eigenvalue weighted by atomic mass is 35.5. The third-order valence-electron chi connectivity index (χ3n) is 5.53. The molecule has 178 valence electrons. The first-order chi connectivity index (χ1) is 15.4. The molecule has 1 aliphatic rings. The molecule has 1 fully saturated rings. The predicted octanol–water partition coefficient (Wildman–Crippen LogP) is 3.04. The zero-order chi connectivity index (χ0) is 24.4. The molecule has 0 spiro atoms. The van der Waals surface area contributed by atoms with Crippen LogP contribution in [0.3, 0.4) is 0 Å². The highest BCUT2D eigenvalue weighted by Crippen LogP contribution is 2.24. The third-order valence-corrected chi connectivity index (χ3v) is 7.72. The second kappa shape index (κ2) is 9.79. The Morgan fingerprint density at radius 2 is 1.64 bits per heavy atom. The van der Waals surface area contributed by atoms with E-state index in [9.17, 15) is 22.4 Å². The number of nitrogens with zero attached hydrogens (tertiary/aromatic N) is 2. The van der Waals surface area contributed by atoms with Crippen LogP contribution < -0.4 is 5.32 Å². The van der Waals surface area contributed by atoms with Gasteiger partial charge in [-0.15, -0.1) is 0 Å². The second-order valence-corrected chi connectivity index (χ2v) is 11.2. The van der Waals surface area contributed by atoms with Crippen LogP contribution in [0.2, 0.25) is 5.02 Å². The standard InChI is InChI=1S/C23H27ClFN3O4S/c1-23(2,3)17-6-4-16(5-7-17)22(30)26-15-21(29)27-10-12-28(13-11-27)33(31,32)18-8-9-20(25)19(24)14-18/h4-9,14H,10-13,15H2,1-3H3,(H,26,30). The van der Waals surface area contributed by atoms with Crippen LogP contribution in [0.1, 0.15) is 36.7 Å². The number of piperazine rings is 1. The Labute approximate surface area is 198 Å². The maximum absolute atomic E-state index is 13.4. The van der Waals surface area contributed by atoms with Crippen molar-refractivity contribution >= 4 is 33.4 Å². The fourth-order valence-electron chi connectivity index (χ4n) is 3.46. The van der Waals surface area contributed by atoms with Gasteiger partial charge in [-0.3, -0.25) is 9.59 Å². The van der Waals surface area contributed by atoms with E-state index >= 15 is 0 Å². The van der Waals surface area contributed by atoms with Gasteiger partial charge in [0.25, 0.3) is 5.91 Å². The number of benzene rings is 2. The average molecular weight is 496 g/mol. The Balaban J connectivity index is 1.53. The van der Waals surface area contributed by atoms with Gasteiger partial charge in [-0.05, 0) is 41.3 Å². The quantitative estimate of drug-likeness (QED) is 0.690. The molecule has 0 aliphatic carbocycles. The van der Waals surface area contributed by atoms with Crippen LogP contribution in [-0.2, 0) is 20.2 Å². The van der Waals surface area contributed by atoms with Gasteiger partial charge in [0.05, 0.1) is 16.5 Å². The van der Waals surface area contributed by atoms with Crippen molar-refractivity contribution in [1.29, 1.82) is 0 Å². The van der Waals surface area contributed by atoms with Crippen molar-refractivity contribution in [2.45, 2.75) is 31.1 Å². The van der Waals surface area contributed by atoms with E-state index in [2.05, 4.69) is 26.1 Å². The summed E-state index contributed by atoms with van der Waals surface area (Å²) >= 11 is 5.71. The van der Waals surface area contributed by atoms with Crippen LogP contribution in [0.15, 0.2) is 47.4 Å². The summed E-state index contributed by atoms with van der Waals surface area (Å²) in [6.07, 6.45) is 0. The van der Waals surface area contributed by atoms with Crippen molar-refractivity contribution in [1.82, 2.24) is 14.5 Å². The summed E-state index contributed by atoms with van der Waals surface area (Å²) in [6.45, 7) is 6.62. The monoisotopic (exact) mass is 495 g/mol. The molecule has 2 aromatic rings. The fourth-order valence-corrected chi connectivity index (χ4v) is 5.15. The minimum atomic E-state index is -3.85. The zero-order valence-electron chi connectivity index (χ0n) is 18.8. The van der Waals surface area contributed by atoms with Crippen LogP contribution in [0, 0.1) is 5.82 Å². The molecule has 33 heavy (non-hydrogen) atoms. The first-order valence-electron chi connectivity index (χ1n) is 10.5. The Morgan fingerprint density at radius 1 is 1.03 bits per heavy atom. The second-order valence-electron chi connectivity index (χ2n) is 8.87. The largest absolute Gasteiger partial charge is 0.343 e. The number of nitrogens with one attached hydrogen (secondary N) is 1. The summed E-state index contributed by atoms with van der Waals surface area (Å²) in [6, 6.07) is 10.5. The first-order valence-corrected chi connectivity index (χ1v) is 12.3. The number of amides is 2. The van der Waals surface area contributed by atoms with Gasteiger partial charge in [-0.2, -0.15) is 4.31 Å². The molecule has 1 saturated heterocycles. The Kier molecular flexibility index (Phi) is 7.45. The van der Waals surface area contributed by atoms with Gasteiger partial charge in [0.2, 0.25) is 15.9 Å². The number of hydrogen-bond acceptors (Lipinski definition) is 4. The topological polar surface area (TPSA) is 86.8 Å². The highest BCUT2D eigenvalue weighted by molar-refractivity contribution is 7.89. The van der Waals surface area contributed by atoms with Crippen molar-refractivity contribution in [3.05, 3.63) is 64.4 Å². The average Bonchev–Trinajstić information content (AvgIpc) is 2.78. The Bertz CT molecular complexity index is 1140. The number of carbonyl (C=O) groups excluding carboxylic acids is 2. The van der Waals surface area contributed by atoms with Gasteiger partial charge >= 0.3 is 0 Å². The molecule has 0 atom stereocenters. The lowest BCUT2D eigenvalue weighted by Crippen LogP contribution is -2.52. The van der Waals surface area contributed by atoms with E-state index in [4.69, 9.17) is 11.6 Å². The zero-order valence-corrected chi connectivity index (χ0v) is 20.3. The molecule has 0 radical (unpaired) electrons. The van der Waals surface area contributed by atoms with Gasteiger partial charge in [0.1, 0.15) is 5.82 Å². The lowest BCUT2D eigenvalue weighted by molar-refractivity contribution is -0.131. The molecule has 2 amide bonds. The summed E-state index contributed by atoms with van der Waals surface area (Å²) in [5.74, 6) is -1.34. The smallest absolute Gasteiger partial charge is 0.251 e. The summed E-state index contributed by atoms with van der Waals surface area (Å²) in [5, 5.41) is 2.35. The van der Waals surface area contributed by atoms with Crippen molar-refractivity contribution in [3.8, 4) is 0 Å². The van der Waals surface area contributed by atoms with Crippen molar-refractivity contribution in [2.24, 2.45) is 0 Å². The normalized spacial score (nSPS) is 15.4. The molecule has 1 heterocycles. The Morgan fingerprint density at radius 3 is 2.18 bits per heavy atom. The van der Waals surface area contributed by atoms with Crippen molar-refractivity contribution in [2.75, 3.05) is 32.7 Å². The molecule has 0 bridgehead atoms. The van der Waals surface area contributed by atoms with Gasteiger partial charge in [-0.1, -0.05) is 44.5 Å². The lowest BCUT2D eigenvalue weighted by Gasteiger charge is -2.34. The summed E-state index contributed by atoms with van der Waals surface area (Å²) in [5.41, 5.74) is 1.54. The molecule has 3 rings (SSSR count). The van der Waals surface area contributed by atoms with Crippen LogP contribution in [0.25, 0.3) is 0 Å². The van der Waals surface area contributed by atoms with Crippen LogP contribution in [0.4, 0.5) is 4.39 Å². The van der Waals surface area contributed by atoms with Gasteiger partial charge in [-0.25, -0.2) is 12.8 Å². The summed E-state index contributed by atoms with van der Waals surface area (Å²) in [7, 11) is -3.85. The van der Waals surface area contributed by atoms with E-state index in [1.54, 1.807) is 12.1 Å². The van der Waals surface area contributed by atoms with Crippen LogP contribution in [-0.4, -0.2) is 62.2 Å². The molecular weight excluding hydrogens is 469 g/mol. The SMILES string of the molecule is CC(C)(C)c1ccc(C(=O)NCC(=O)N2CCN(S(=O)(=O)c3ccc(F)c(Cl)c3)CC2)cc1. The fraction of sp³-hybridized carbons (Fsp3) is 0.391. The van der Waals surface area contributed by atoms with Gasteiger partial charge < -0.3 is 10.2 Å². The molecule has 0 unspecified atom stereocenters. The highest BCUT2D eigenvalue weighted by Gasteiger charge is 2.30. The number of hydrogen-bond donors (Lipinski definition) is 1. The summed E-state index contributed by atoms with van der Waals surface area (Å²) in [4.78, 5) is 26.3. The van der Waals surface area contributed by atoms with E-state index in [1.165, 1.54) is 9.21 Å². The van der Waals surface area contributed by atoms with Crippen molar-refractivity contribution < 1.29 is 22.4 Å². The Hall–Kier alpha value is -2.49. The molecule has 7 nitrogen and oxygen atoms in total.